The van der Waals surface area contributed by atoms with Crippen LogP contribution in [-0.2, 0) is 4.79 Å². The molecule has 2 amide bonds. The van der Waals surface area contributed by atoms with E-state index in [0.29, 0.717) is 17.0 Å². The Hall–Kier alpha value is -3.31. The highest BCUT2D eigenvalue weighted by atomic mass is 35.5. The number of carbonyl (C=O) groups excluding carboxylic acids is 2. The summed E-state index contributed by atoms with van der Waals surface area (Å²) in [6, 6.07) is 22.5. The summed E-state index contributed by atoms with van der Waals surface area (Å²) in [5.74, 6) is -0.0945. The van der Waals surface area contributed by atoms with Gasteiger partial charge in [0.05, 0.1) is 6.04 Å². The number of rotatable bonds is 4. The van der Waals surface area contributed by atoms with Gasteiger partial charge in [0.25, 0.3) is 5.91 Å². The SMILES string of the molecule is CC(=O)N(c1ccc(Cl)cc1)[C@@H]1C[C@H](C)N(C(=O)c2ccc(N(C)C)cc2)c2ccccc21. The van der Waals surface area contributed by atoms with Gasteiger partial charge in [0, 0.05) is 54.7 Å². The zero-order valence-electron chi connectivity index (χ0n) is 19.3. The molecule has 0 aromatic heterocycles. The van der Waals surface area contributed by atoms with Gasteiger partial charge in [0.1, 0.15) is 0 Å². The summed E-state index contributed by atoms with van der Waals surface area (Å²) in [7, 11) is 3.95. The molecule has 0 unspecified atom stereocenters. The first-order valence-corrected chi connectivity index (χ1v) is 11.4. The highest BCUT2D eigenvalue weighted by molar-refractivity contribution is 6.30. The molecule has 0 fully saturated rings. The van der Waals surface area contributed by atoms with E-state index in [0.717, 1.165) is 22.6 Å². The fourth-order valence-corrected chi connectivity index (χ4v) is 4.69. The van der Waals surface area contributed by atoms with E-state index in [1.807, 2.05) is 91.5 Å². The van der Waals surface area contributed by atoms with Gasteiger partial charge in [-0.05, 0) is 73.5 Å². The zero-order chi connectivity index (χ0) is 23.7. The summed E-state index contributed by atoms with van der Waals surface area (Å²) in [5, 5.41) is 0.622. The van der Waals surface area contributed by atoms with Gasteiger partial charge in [-0.1, -0.05) is 29.8 Å². The highest BCUT2D eigenvalue weighted by Gasteiger charge is 2.38. The monoisotopic (exact) mass is 461 g/mol. The van der Waals surface area contributed by atoms with Gasteiger partial charge >= 0.3 is 0 Å². The van der Waals surface area contributed by atoms with Crippen LogP contribution in [0.4, 0.5) is 17.1 Å². The summed E-state index contributed by atoms with van der Waals surface area (Å²) in [5.41, 5.74) is 4.26. The second-order valence-corrected chi connectivity index (χ2v) is 9.08. The van der Waals surface area contributed by atoms with Gasteiger partial charge in [-0.15, -0.1) is 0 Å². The van der Waals surface area contributed by atoms with Crippen molar-refractivity contribution in [2.24, 2.45) is 0 Å². The Morgan fingerprint density at radius 2 is 1.52 bits per heavy atom. The lowest BCUT2D eigenvalue weighted by molar-refractivity contribution is -0.117. The third kappa shape index (κ3) is 4.46. The molecule has 0 N–H and O–H groups in total. The van der Waals surface area contributed by atoms with Crippen molar-refractivity contribution in [2.45, 2.75) is 32.4 Å². The fraction of sp³-hybridized carbons (Fsp3) is 0.259. The number of hydrogen-bond acceptors (Lipinski definition) is 3. The molecular formula is C27H28ClN3O2. The number of nitrogens with zero attached hydrogens (tertiary/aromatic N) is 3. The minimum absolute atomic E-state index is 0.0421. The maximum Gasteiger partial charge on any atom is 0.258 e. The van der Waals surface area contributed by atoms with Crippen LogP contribution in [-0.4, -0.2) is 32.0 Å². The first-order chi connectivity index (χ1) is 15.8. The predicted octanol–water partition coefficient (Wildman–Crippen LogP) is 5.94. The molecule has 0 radical (unpaired) electrons. The second-order valence-electron chi connectivity index (χ2n) is 8.64. The minimum Gasteiger partial charge on any atom is -0.378 e. The van der Waals surface area contributed by atoms with E-state index in [9.17, 15) is 9.59 Å². The number of fused-ring (bicyclic) bond motifs is 1. The molecule has 0 saturated heterocycles. The van der Waals surface area contributed by atoms with Gasteiger partial charge in [0.2, 0.25) is 5.91 Å². The van der Waals surface area contributed by atoms with Gasteiger partial charge in [-0.3, -0.25) is 9.59 Å². The van der Waals surface area contributed by atoms with E-state index in [1.165, 1.54) is 0 Å². The Kier molecular flexibility index (Phi) is 6.43. The lowest BCUT2D eigenvalue weighted by atomic mass is 9.89. The molecule has 4 rings (SSSR count). The van der Waals surface area contributed by atoms with Crippen LogP contribution in [0.3, 0.4) is 0 Å². The Labute approximate surface area is 200 Å². The molecule has 170 valence electrons. The first kappa shape index (κ1) is 22.9. The molecule has 1 heterocycles. The van der Waals surface area contributed by atoms with Crippen molar-refractivity contribution >= 4 is 40.5 Å². The van der Waals surface area contributed by atoms with Crippen LogP contribution in [0, 0.1) is 0 Å². The van der Waals surface area contributed by atoms with Crippen LogP contribution in [0.5, 0.6) is 0 Å². The van der Waals surface area contributed by atoms with Crippen molar-refractivity contribution < 1.29 is 9.59 Å². The summed E-state index contributed by atoms with van der Waals surface area (Å²) in [6.45, 7) is 3.61. The van der Waals surface area contributed by atoms with Crippen LogP contribution < -0.4 is 14.7 Å². The Morgan fingerprint density at radius 1 is 0.909 bits per heavy atom. The van der Waals surface area contributed by atoms with Crippen LogP contribution in [0.2, 0.25) is 5.02 Å². The van der Waals surface area contributed by atoms with E-state index in [1.54, 1.807) is 24.0 Å². The standard InChI is InChI=1S/C27H28ClN3O2/c1-18-17-26(31(19(2)32)23-15-11-21(28)12-16-23)24-7-5-6-8-25(24)30(18)27(33)20-9-13-22(14-10-20)29(3)4/h5-16,18,26H,17H2,1-4H3/t18-,26+/m0/s1. The van der Waals surface area contributed by atoms with E-state index in [-0.39, 0.29) is 23.9 Å². The van der Waals surface area contributed by atoms with Crippen molar-refractivity contribution in [3.63, 3.8) is 0 Å². The molecule has 0 bridgehead atoms. The highest BCUT2D eigenvalue weighted by Crippen LogP contribution is 2.42. The average Bonchev–Trinajstić information content (AvgIpc) is 2.80. The first-order valence-electron chi connectivity index (χ1n) is 11.0. The summed E-state index contributed by atoms with van der Waals surface area (Å²) in [4.78, 5) is 32.0. The summed E-state index contributed by atoms with van der Waals surface area (Å²) >= 11 is 6.07. The van der Waals surface area contributed by atoms with Gasteiger partial charge in [0.15, 0.2) is 0 Å². The average molecular weight is 462 g/mol. The maximum absolute atomic E-state index is 13.6. The Bertz CT molecular complexity index is 1160. The zero-order valence-corrected chi connectivity index (χ0v) is 20.1. The third-order valence-electron chi connectivity index (χ3n) is 6.17. The normalized spacial score (nSPS) is 17.3. The van der Waals surface area contributed by atoms with E-state index in [2.05, 4.69) is 0 Å². The molecule has 3 aromatic rings. The molecule has 0 spiro atoms. The molecule has 2 atom stereocenters. The molecule has 0 aliphatic carbocycles. The number of halogens is 1. The van der Waals surface area contributed by atoms with E-state index in [4.69, 9.17) is 11.6 Å². The lowest BCUT2D eigenvalue weighted by Crippen LogP contribution is -2.47. The Balaban J connectivity index is 1.73. The van der Waals surface area contributed by atoms with Crippen LogP contribution in [0.25, 0.3) is 0 Å². The molecule has 5 nitrogen and oxygen atoms in total. The summed E-state index contributed by atoms with van der Waals surface area (Å²) < 4.78 is 0. The molecule has 0 saturated carbocycles. The van der Waals surface area contributed by atoms with Crippen molar-refractivity contribution in [1.82, 2.24) is 0 Å². The van der Waals surface area contributed by atoms with Crippen molar-refractivity contribution in [2.75, 3.05) is 28.8 Å². The van der Waals surface area contributed by atoms with E-state index >= 15 is 0 Å². The molecule has 1 aliphatic rings. The van der Waals surface area contributed by atoms with E-state index < -0.39 is 0 Å². The Morgan fingerprint density at radius 3 is 2.12 bits per heavy atom. The predicted molar refractivity (Wildman–Crippen MR) is 135 cm³/mol. The third-order valence-corrected chi connectivity index (χ3v) is 6.42. The molecule has 6 heteroatoms. The van der Waals surface area contributed by atoms with Crippen LogP contribution in [0.1, 0.15) is 42.2 Å². The van der Waals surface area contributed by atoms with Crippen LogP contribution in [0.15, 0.2) is 72.8 Å². The molecular weight excluding hydrogens is 434 g/mol. The van der Waals surface area contributed by atoms with Crippen molar-refractivity contribution in [3.05, 3.63) is 88.9 Å². The number of carbonyl (C=O) groups is 2. The van der Waals surface area contributed by atoms with Crippen LogP contribution >= 0.6 is 11.6 Å². The van der Waals surface area contributed by atoms with Gasteiger partial charge in [-0.2, -0.15) is 0 Å². The molecule has 3 aromatic carbocycles. The molecule has 33 heavy (non-hydrogen) atoms. The fourth-order valence-electron chi connectivity index (χ4n) is 4.56. The number of amides is 2. The molecule has 1 aliphatic heterocycles. The maximum atomic E-state index is 13.6. The number of benzene rings is 3. The number of para-hydroxylation sites is 1. The largest absolute Gasteiger partial charge is 0.378 e. The lowest BCUT2D eigenvalue weighted by Gasteiger charge is -2.43. The van der Waals surface area contributed by atoms with Gasteiger partial charge in [-0.25, -0.2) is 0 Å². The van der Waals surface area contributed by atoms with Gasteiger partial charge < -0.3 is 14.7 Å². The smallest absolute Gasteiger partial charge is 0.258 e. The topological polar surface area (TPSA) is 43.9 Å². The second kappa shape index (κ2) is 9.28. The quantitative estimate of drug-likeness (QED) is 0.483. The number of hydrogen-bond donors (Lipinski definition) is 0. The van der Waals surface area contributed by atoms with Crippen molar-refractivity contribution in [1.29, 1.82) is 0 Å². The number of anilines is 3. The summed E-state index contributed by atoms with van der Waals surface area (Å²) in [6.07, 6.45) is 0.626. The minimum atomic E-state index is -0.185. The van der Waals surface area contributed by atoms with Crippen molar-refractivity contribution in [3.8, 4) is 0 Å².